The van der Waals surface area contributed by atoms with Gasteiger partial charge in [-0.05, 0) is 49.2 Å². The van der Waals surface area contributed by atoms with Crippen molar-refractivity contribution in [3.63, 3.8) is 0 Å². The summed E-state index contributed by atoms with van der Waals surface area (Å²) in [5.41, 5.74) is 7.61. The maximum Gasteiger partial charge on any atom is 0.306 e. The number of anilines is 1. The molecule has 0 aliphatic rings. The first kappa shape index (κ1) is 21.6. The number of hydrazine groups is 1. The second kappa shape index (κ2) is 10.6. The van der Waals surface area contributed by atoms with Crippen LogP contribution < -0.4 is 16.2 Å². The van der Waals surface area contributed by atoms with Crippen molar-refractivity contribution >= 4 is 29.4 Å². The number of aryl methyl sites for hydroxylation is 2. The summed E-state index contributed by atoms with van der Waals surface area (Å²) in [4.78, 5) is 47.0. The molecule has 0 radical (unpaired) electrons. The smallest absolute Gasteiger partial charge is 0.306 e. The summed E-state index contributed by atoms with van der Waals surface area (Å²) in [7, 11) is 0. The van der Waals surface area contributed by atoms with Crippen LogP contribution in [0.3, 0.4) is 0 Å². The molecule has 0 saturated heterocycles. The second-order valence-corrected chi connectivity index (χ2v) is 6.38. The van der Waals surface area contributed by atoms with E-state index in [2.05, 4.69) is 16.2 Å². The molecule has 0 bridgehead atoms. The van der Waals surface area contributed by atoms with Crippen LogP contribution in [0.4, 0.5) is 5.69 Å². The normalized spacial score (nSPS) is 10.0. The predicted molar refractivity (Wildman–Crippen MR) is 107 cm³/mol. The Hall–Kier alpha value is -3.68. The largest absolute Gasteiger partial charge is 0.456 e. The predicted octanol–water partition coefficient (Wildman–Crippen LogP) is 2.03. The number of amides is 3. The van der Waals surface area contributed by atoms with Crippen LogP contribution in [0.5, 0.6) is 0 Å². The van der Waals surface area contributed by atoms with Crippen molar-refractivity contribution in [2.24, 2.45) is 0 Å². The van der Waals surface area contributed by atoms with E-state index in [4.69, 9.17) is 4.74 Å². The third kappa shape index (κ3) is 7.45. The zero-order chi connectivity index (χ0) is 21.2. The molecule has 8 heteroatoms. The molecule has 29 heavy (non-hydrogen) atoms. The molecule has 2 aromatic rings. The van der Waals surface area contributed by atoms with Gasteiger partial charge in [-0.3, -0.25) is 30.0 Å². The van der Waals surface area contributed by atoms with Gasteiger partial charge in [0.05, 0.1) is 6.42 Å². The Kier molecular flexibility index (Phi) is 7.90. The van der Waals surface area contributed by atoms with Gasteiger partial charge < -0.3 is 10.1 Å². The maximum atomic E-state index is 11.8. The van der Waals surface area contributed by atoms with E-state index in [1.54, 1.807) is 36.4 Å². The van der Waals surface area contributed by atoms with Gasteiger partial charge in [0.2, 0.25) is 5.91 Å². The monoisotopic (exact) mass is 397 g/mol. The SMILES string of the molecule is Cc1ccc(NC(=O)COC(=O)CCC(=O)NNC(=O)c2ccccc2)cc1C. The van der Waals surface area contributed by atoms with Crippen molar-refractivity contribution in [2.75, 3.05) is 11.9 Å². The molecule has 152 valence electrons. The van der Waals surface area contributed by atoms with E-state index >= 15 is 0 Å². The highest BCUT2D eigenvalue weighted by atomic mass is 16.5. The number of esters is 1. The molecular weight excluding hydrogens is 374 g/mol. The van der Waals surface area contributed by atoms with E-state index in [0.717, 1.165) is 11.1 Å². The van der Waals surface area contributed by atoms with Gasteiger partial charge in [-0.15, -0.1) is 0 Å². The quantitative estimate of drug-likeness (QED) is 0.489. The van der Waals surface area contributed by atoms with Crippen LogP contribution in [0.2, 0.25) is 0 Å². The second-order valence-electron chi connectivity index (χ2n) is 6.38. The van der Waals surface area contributed by atoms with E-state index < -0.39 is 30.3 Å². The van der Waals surface area contributed by atoms with E-state index in [-0.39, 0.29) is 12.8 Å². The number of carbonyl (C=O) groups excluding carboxylic acids is 4. The highest BCUT2D eigenvalue weighted by molar-refractivity contribution is 5.95. The fraction of sp³-hybridized carbons (Fsp3) is 0.238. The minimum Gasteiger partial charge on any atom is -0.456 e. The standard InChI is InChI=1S/C21H23N3O5/c1-14-8-9-17(12-15(14)2)22-19(26)13-29-20(27)11-10-18(25)23-24-21(28)16-6-4-3-5-7-16/h3-9,12H,10-11,13H2,1-2H3,(H,22,26)(H,23,25)(H,24,28). The van der Waals surface area contributed by atoms with Gasteiger partial charge in [-0.1, -0.05) is 24.3 Å². The van der Waals surface area contributed by atoms with E-state index in [1.165, 1.54) is 0 Å². The summed E-state index contributed by atoms with van der Waals surface area (Å²) >= 11 is 0. The molecule has 0 aliphatic heterocycles. The maximum absolute atomic E-state index is 11.8. The lowest BCUT2D eigenvalue weighted by Gasteiger charge is -2.09. The minimum absolute atomic E-state index is 0.188. The third-order valence-corrected chi connectivity index (χ3v) is 4.06. The zero-order valence-electron chi connectivity index (χ0n) is 16.3. The van der Waals surface area contributed by atoms with E-state index in [1.807, 2.05) is 26.0 Å². The van der Waals surface area contributed by atoms with Gasteiger partial charge >= 0.3 is 5.97 Å². The third-order valence-electron chi connectivity index (χ3n) is 4.06. The Labute approximate surface area is 168 Å². The van der Waals surface area contributed by atoms with Gasteiger partial charge in [-0.25, -0.2) is 0 Å². The van der Waals surface area contributed by atoms with Gasteiger partial charge in [0.25, 0.3) is 11.8 Å². The van der Waals surface area contributed by atoms with Crippen LogP contribution in [0, 0.1) is 13.8 Å². The minimum atomic E-state index is -0.690. The summed E-state index contributed by atoms with van der Waals surface area (Å²) in [6.07, 6.45) is -0.406. The summed E-state index contributed by atoms with van der Waals surface area (Å²) in [6, 6.07) is 13.8. The highest BCUT2D eigenvalue weighted by Gasteiger charge is 2.12. The molecule has 0 aliphatic carbocycles. The molecule has 2 aromatic carbocycles. The molecular formula is C21H23N3O5. The highest BCUT2D eigenvalue weighted by Crippen LogP contribution is 2.14. The number of benzene rings is 2. The van der Waals surface area contributed by atoms with Gasteiger partial charge in [0.15, 0.2) is 6.61 Å². The Morgan fingerprint density at radius 2 is 1.55 bits per heavy atom. The lowest BCUT2D eigenvalue weighted by Crippen LogP contribution is -2.41. The molecule has 8 nitrogen and oxygen atoms in total. The summed E-state index contributed by atoms with van der Waals surface area (Å²) in [6.45, 7) is 3.45. The average Bonchev–Trinajstić information content (AvgIpc) is 2.72. The Balaban J connectivity index is 1.64. The first-order chi connectivity index (χ1) is 13.8. The number of hydrogen-bond acceptors (Lipinski definition) is 5. The van der Waals surface area contributed by atoms with E-state index in [0.29, 0.717) is 11.3 Å². The number of rotatable bonds is 7. The van der Waals surface area contributed by atoms with Crippen LogP contribution in [0.1, 0.15) is 34.3 Å². The number of ether oxygens (including phenoxy) is 1. The Morgan fingerprint density at radius 3 is 2.24 bits per heavy atom. The Morgan fingerprint density at radius 1 is 0.828 bits per heavy atom. The summed E-state index contributed by atoms with van der Waals surface area (Å²) in [5, 5.41) is 2.64. The molecule has 0 atom stereocenters. The number of hydrogen-bond donors (Lipinski definition) is 3. The lowest BCUT2D eigenvalue weighted by molar-refractivity contribution is -0.148. The first-order valence-electron chi connectivity index (χ1n) is 9.02. The molecule has 0 heterocycles. The summed E-state index contributed by atoms with van der Waals surface area (Å²) in [5.74, 6) is -2.18. The topological polar surface area (TPSA) is 114 Å². The van der Waals surface area contributed by atoms with Crippen molar-refractivity contribution in [2.45, 2.75) is 26.7 Å². The zero-order valence-corrected chi connectivity index (χ0v) is 16.3. The number of nitrogens with one attached hydrogen (secondary N) is 3. The number of carbonyl (C=O) groups is 4. The average molecular weight is 397 g/mol. The van der Waals surface area contributed by atoms with Crippen LogP contribution in [-0.4, -0.2) is 30.3 Å². The molecule has 0 spiro atoms. The molecule has 0 fully saturated rings. The molecule has 2 rings (SSSR count). The molecule has 0 aromatic heterocycles. The Bertz CT molecular complexity index is 896. The van der Waals surface area contributed by atoms with Crippen LogP contribution >= 0.6 is 0 Å². The van der Waals surface area contributed by atoms with Crippen molar-refractivity contribution in [3.8, 4) is 0 Å². The van der Waals surface area contributed by atoms with Crippen molar-refractivity contribution < 1.29 is 23.9 Å². The van der Waals surface area contributed by atoms with Gasteiger partial charge in [0, 0.05) is 17.7 Å². The van der Waals surface area contributed by atoms with Crippen LogP contribution in [-0.2, 0) is 19.1 Å². The van der Waals surface area contributed by atoms with Crippen LogP contribution in [0.25, 0.3) is 0 Å². The fourth-order valence-corrected chi connectivity index (χ4v) is 2.30. The summed E-state index contributed by atoms with van der Waals surface area (Å²) < 4.78 is 4.86. The lowest BCUT2D eigenvalue weighted by atomic mass is 10.1. The molecule has 0 saturated carbocycles. The fourth-order valence-electron chi connectivity index (χ4n) is 2.30. The van der Waals surface area contributed by atoms with Crippen LogP contribution in [0.15, 0.2) is 48.5 Å². The molecule has 0 unspecified atom stereocenters. The van der Waals surface area contributed by atoms with Gasteiger partial charge in [-0.2, -0.15) is 0 Å². The first-order valence-corrected chi connectivity index (χ1v) is 9.02. The van der Waals surface area contributed by atoms with Crippen molar-refractivity contribution in [3.05, 3.63) is 65.2 Å². The van der Waals surface area contributed by atoms with Crippen molar-refractivity contribution in [1.82, 2.24) is 10.9 Å². The van der Waals surface area contributed by atoms with Crippen molar-refractivity contribution in [1.29, 1.82) is 0 Å². The molecule has 3 N–H and O–H groups in total. The molecule has 3 amide bonds. The van der Waals surface area contributed by atoms with Gasteiger partial charge in [0.1, 0.15) is 0 Å². The van der Waals surface area contributed by atoms with E-state index in [9.17, 15) is 19.2 Å².